The highest BCUT2D eigenvalue weighted by Crippen LogP contribution is 2.32. The molecule has 86 valence electrons. The number of rotatable bonds is 0. The second-order valence-electron chi connectivity index (χ2n) is 4.68. The van der Waals surface area contributed by atoms with E-state index in [-0.39, 0.29) is 12.4 Å². The van der Waals surface area contributed by atoms with Crippen LogP contribution in [0.25, 0.3) is 10.9 Å². The van der Waals surface area contributed by atoms with Gasteiger partial charge < -0.3 is 4.57 Å². The Morgan fingerprint density at radius 3 is 2.62 bits per heavy atom. The lowest BCUT2D eigenvalue weighted by molar-refractivity contribution is 0.348. The van der Waals surface area contributed by atoms with E-state index < -0.39 is 0 Å². The van der Waals surface area contributed by atoms with Gasteiger partial charge in [0.1, 0.15) is 0 Å². The molecule has 1 aliphatic rings. The van der Waals surface area contributed by atoms with Gasteiger partial charge in [-0.1, -0.05) is 11.6 Å². The summed E-state index contributed by atoms with van der Waals surface area (Å²) < 4.78 is 2.34. The first-order valence-corrected chi connectivity index (χ1v) is 5.42. The molecule has 0 unspecified atom stereocenters. The molecule has 0 amide bonds. The van der Waals surface area contributed by atoms with Gasteiger partial charge in [0, 0.05) is 36.7 Å². The molecule has 0 aliphatic carbocycles. The van der Waals surface area contributed by atoms with Gasteiger partial charge in [-0.25, -0.2) is 0 Å². The van der Waals surface area contributed by atoms with E-state index in [2.05, 4.69) is 48.7 Å². The van der Waals surface area contributed by atoms with E-state index in [4.69, 9.17) is 0 Å². The number of nitrogens with zero attached hydrogens (tertiary/aromatic N) is 2. The highest BCUT2D eigenvalue weighted by molar-refractivity contribution is 5.86. The van der Waals surface area contributed by atoms with Gasteiger partial charge in [0.25, 0.3) is 0 Å². The van der Waals surface area contributed by atoms with Crippen LogP contribution in [0.2, 0.25) is 0 Å². The van der Waals surface area contributed by atoms with Crippen LogP contribution >= 0.6 is 12.4 Å². The summed E-state index contributed by atoms with van der Waals surface area (Å²) >= 11 is 0. The van der Waals surface area contributed by atoms with Gasteiger partial charge in [0.2, 0.25) is 0 Å². The maximum absolute atomic E-state index is 2.37. The van der Waals surface area contributed by atoms with Crippen molar-refractivity contribution in [2.45, 2.75) is 20.0 Å². The Balaban J connectivity index is 0.000000963. The Kier molecular flexibility index (Phi) is 2.72. The van der Waals surface area contributed by atoms with Crippen LogP contribution in [0, 0.1) is 6.92 Å². The van der Waals surface area contributed by atoms with Crippen molar-refractivity contribution in [3.05, 3.63) is 35.0 Å². The molecule has 0 saturated carbocycles. The Hall–Kier alpha value is -0.990. The largest absolute Gasteiger partial charge is 0.346 e. The lowest BCUT2D eigenvalue weighted by Gasteiger charge is -2.08. The fraction of sp³-hybridized carbons (Fsp3) is 0.385. The average molecular weight is 237 g/mol. The van der Waals surface area contributed by atoms with Crippen molar-refractivity contribution < 1.29 is 0 Å². The van der Waals surface area contributed by atoms with Crippen LogP contribution in [0.5, 0.6) is 0 Å². The summed E-state index contributed by atoms with van der Waals surface area (Å²) in [6.07, 6.45) is 0. The Morgan fingerprint density at radius 1 is 1.12 bits per heavy atom. The minimum atomic E-state index is 0. The normalized spacial score (nSPS) is 15.2. The van der Waals surface area contributed by atoms with Crippen LogP contribution in [0.3, 0.4) is 0 Å². The molecule has 0 spiro atoms. The number of hydrogen-bond donors (Lipinski definition) is 0. The fourth-order valence-corrected chi connectivity index (χ4v) is 2.65. The maximum atomic E-state index is 2.37. The van der Waals surface area contributed by atoms with E-state index in [1.54, 1.807) is 0 Å². The average Bonchev–Trinajstić information content (AvgIpc) is 2.67. The van der Waals surface area contributed by atoms with Crippen molar-refractivity contribution in [3.63, 3.8) is 0 Å². The standard InChI is InChI=1S/C13H16N2.ClH/c1-9-4-5-12-10(6-9)11-7-14(2)8-13(11)15(12)3;/h4-6H,7-8H2,1-3H3;1H. The second-order valence-corrected chi connectivity index (χ2v) is 4.68. The molecule has 2 aromatic rings. The molecule has 2 nitrogen and oxygen atoms in total. The summed E-state index contributed by atoms with van der Waals surface area (Å²) in [7, 11) is 4.36. The first-order valence-electron chi connectivity index (χ1n) is 5.42. The number of aromatic nitrogens is 1. The van der Waals surface area contributed by atoms with Crippen molar-refractivity contribution in [2.75, 3.05) is 7.05 Å². The smallest absolute Gasteiger partial charge is 0.0483 e. The van der Waals surface area contributed by atoms with E-state index >= 15 is 0 Å². The third kappa shape index (κ3) is 1.45. The lowest BCUT2D eigenvalue weighted by Crippen LogP contribution is -2.10. The predicted molar refractivity (Wildman–Crippen MR) is 70.1 cm³/mol. The molecule has 0 fully saturated rings. The summed E-state index contributed by atoms with van der Waals surface area (Å²) in [6, 6.07) is 6.75. The van der Waals surface area contributed by atoms with E-state index in [9.17, 15) is 0 Å². The van der Waals surface area contributed by atoms with Gasteiger partial charge in [-0.05, 0) is 31.7 Å². The van der Waals surface area contributed by atoms with E-state index in [1.165, 1.54) is 27.7 Å². The number of aryl methyl sites for hydroxylation is 2. The molecule has 16 heavy (non-hydrogen) atoms. The Morgan fingerprint density at radius 2 is 1.88 bits per heavy atom. The zero-order valence-corrected chi connectivity index (χ0v) is 10.8. The molecule has 2 heterocycles. The van der Waals surface area contributed by atoms with Crippen LogP contribution in [0.15, 0.2) is 18.2 Å². The highest BCUT2D eigenvalue weighted by Gasteiger charge is 2.22. The summed E-state index contributed by atoms with van der Waals surface area (Å²) in [4.78, 5) is 2.37. The SMILES string of the molecule is Cc1ccc2c(c1)c1c(n2C)CN(C)C1.Cl. The van der Waals surface area contributed by atoms with Crippen LogP contribution in [-0.2, 0) is 20.1 Å². The fourth-order valence-electron chi connectivity index (χ4n) is 2.65. The van der Waals surface area contributed by atoms with E-state index in [0.717, 1.165) is 13.1 Å². The zero-order chi connectivity index (χ0) is 10.6. The maximum Gasteiger partial charge on any atom is 0.0483 e. The van der Waals surface area contributed by atoms with Gasteiger partial charge in [0.15, 0.2) is 0 Å². The summed E-state index contributed by atoms with van der Waals surface area (Å²) in [5.74, 6) is 0. The molecule has 3 rings (SSSR count). The van der Waals surface area contributed by atoms with Crippen LogP contribution < -0.4 is 0 Å². The quantitative estimate of drug-likeness (QED) is 0.683. The van der Waals surface area contributed by atoms with E-state index in [0.29, 0.717) is 0 Å². The third-order valence-corrected chi connectivity index (χ3v) is 3.44. The second kappa shape index (κ2) is 3.79. The lowest BCUT2D eigenvalue weighted by atomic mass is 10.1. The minimum Gasteiger partial charge on any atom is -0.346 e. The molecule has 0 atom stereocenters. The van der Waals surface area contributed by atoms with Crippen molar-refractivity contribution in [1.82, 2.24) is 9.47 Å². The predicted octanol–water partition coefficient (Wildman–Crippen LogP) is 2.85. The van der Waals surface area contributed by atoms with Crippen molar-refractivity contribution in [3.8, 4) is 0 Å². The van der Waals surface area contributed by atoms with Gasteiger partial charge in [-0.2, -0.15) is 0 Å². The molecule has 1 aromatic heterocycles. The number of fused-ring (bicyclic) bond motifs is 3. The Bertz CT molecular complexity index is 542. The number of benzene rings is 1. The summed E-state index contributed by atoms with van der Waals surface area (Å²) in [5, 5.41) is 1.44. The highest BCUT2D eigenvalue weighted by atomic mass is 35.5. The van der Waals surface area contributed by atoms with Gasteiger partial charge in [-0.3, -0.25) is 4.90 Å². The first kappa shape index (κ1) is 11.5. The first-order chi connectivity index (χ1) is 7.16. The van der Waals surface area contributed by atoms with Crippen molar-refractivity contribution in [1.29, 1.82) is 0 Å². The monoisotopic (exact) mass is 236 g/mol. The zero-order valence-electron chi connectivity index (χ0n) is 9.95. The van der Waals surface area contributed by atoms with Gasteiger partial charge in [-0.15, -0.1) is 12.4 Å². The molecular weight excluding hydrogens is 220 g/mol. The van der Waals surface area contributed by atoms with Crippen molar-refractivity contribution >= 4 is 23.3 Å². The molecule has 0 radical (unpaired) electrons. The van der Waals surface area contributed by atoms with Crippen LogP contribution in [-0.4, -0.2) is 16.5 Å². The van der Waals surface area contributed by atoms with Gasteiger partial charge >= 0.3 is 0 Å². The van der Waals surface area contributed by atoms with E-state index in [1.807, 2.05) is 0 Å². The number of halogens is 1. The van der Waals surface area contributed by atoms with Crippen LogP contribution in [0.1, 0.15) is 16.8 Å². The van der Waals surface area contributed by atoms with Gasteiger partial charge in [0.05, 0.1) is 0 Å². The molecule has 0 bridgehead atoms. The van der Waals surface area contributed by atoms with Crippen LogP contribution in [0.4, 0.5) is 0 Å². The topological polar surface area (TPSA) is 8.17 Å². The summed E-state index contributed by atoms with van der Waals surface area (Å²) in [6.45, 7) is 4.34. The summed E-state index contributed by atoms with van der Waals surface area (Å²) in [5.41, 5.74) is 5.74. The Labute approximate surface area is 102 Å². The molecule has 1 aliphatic heterocycles. The molecule has 1 aromatic carbocycles. The van der Waals surface area contributed by atoms with Crippen molar-refractivity contribution in [2.24, 2.45) is 7.05 Å². The molecule has 0 N–H and O–H groups in total. The minimum absolute atomic E-state index is 0. The molecular formula is C13H17ClN2. The molecule has 3 heteroatoms. The number of hydrogen-bond acceptors (Lipinski definition) is 1. The molecule has 0 saturated heterocycles. The third-order valence-electron chi connectivity index (χ3n) is 3.44.